The maximum Gasteiger partial charge on any atom is 0.324 e. The predicted molar refractivity (Wildman–Crippen MR) is 165 cm³/mol. The van der Waals surface area contributed by atoms with E-state index in [0.717, 1.165) is 0 Å². The number of rotatable bonds is 11. The fourth-order valence-electron chi connectivity index (χ4n) is 6.00. The molecule has 8 atom stereocenters. The second-order valence-electron chi connectivity index (χ2n) is 10.7. The summed E-state index contributed by atoms with van der Waals surface area (Å²) in [7, 11) is -2.44. The zero-order valence-corrected chi connectivity index (χ0v) is 26.7. The molecule has 22 heteroatoms. The SMILES string of the molecule is Nc1ncnc2c1ncn2[C@H]1C[C@H](OP(O)(=S)OC[C@H]2C[C@@H](n3cnc4c(O)nc5nccn5c43)[C@@H]2CO)[C@@H](CO[PH](O)=S)O1. The van der Waals surface area contributed by atoms with Crippen molar-refractivity contribution in [2.75, 3.05) is 25.6 Å². The summed E-state index contributed by atoms with van der Waals surface area (Å²) in [6, 6.07) is -0.167. The summed E-state index contributed by atoms with van der Waals surface area (Å²) in [4.78, 5) is 45.7. The fraction of sp³-hybridized carbons (Fsp3) is 0.478. The van der Waals surface area contributed by atoms with Gasteiger partial charge in [0.05, 0.1) is 32.0 Å². The minimum absolute atomic E-state index is 0.0336. The topological polar surface area (TPSA) is 235 Å². The highest BCUT2D eigenvalue weighted by molar-refractivity contribution is 8.07. The second kappa shape index (κ2) is 12.1. The molecule has 45 heavy (non-hydrogen) atoms. The summed E-state index contributed by atoms with van der Waals surface area (Å²) >= 11 is 10.2. The van der Waals surface area contributed by atoms with E-state index in [1.54, 1.807) is 27.7 Å². The van der Waals surface area contributed by atoms with Crippen molar-refractivity contribution in [2.24, 2.45) is 11.8 Å². The smallest absolute Gasteiger partial charge is 0.324 e. The number of imidazole rings is 3. The molecule has 5 aromatic rings. The summed E-state index contributed by atoms with van der Waals surface area (Å²) in [5.41, 5.74) is 7.69. The first-order chi connectivity index (χ1) is 21.6. The second-order valence-corrected chi connectivity index (χ2v) is 15.4. The summed E-state index contributed by atoms with van der Waals surface area (Å²) < 4.78 is 28.4. The molecule has 2 unspecified atom stereocenters. The van der Waals surface area contributed by atoms with Gasteiger partial charge in [-0.05, 0) is 36.0 Å². The number of hydrogen-bond acceptors (Lipinski definition) is 15. The lowest BCUT2D eigenvalue weighted by molar-refractivity contribution is -0.0382. The third-order valence-corrected chi connectivity index (χ3v) is 10.6. The van der Waals surface area contributed by atoms with Crippen molar-refractivity contribution >= 4 is 71.4 Å². The van der Waals surface area contributed by atoms with E-state index in [0.29, 0.717) is 34.5 Å². The number of ether oxygens (including phenoxy) is 1. The van der Waals surface area contributed by atoms with E-state index in [-0.39, 0.29) is 55.8 Å². The normalized spacial score (nSPS) is 27.3. The van der Waals surface area contributed by atoms with Crippen LogP contribution in [-0.2, 0) is 41.9 Å². The number of aliphatic hydroxyl groups excluding tert-OH is 1. The van der Waals surface area contributed by atoms with Crippen molar-refractivity contribution < 1.29 is 38.3 Å². The van der Waals surface area contributed by atoms with Gasteiger partial charge in [-0.2, -0.15) is 4.98 Å². The van der Waals surface area contributed by atoms with Crippen LogP contribution in [0.4, 0.5) is 5.82 Å². The summed E-state index contributed by atoms with van der Waals surface area (Å²) in [5.74, 6) is -0.104. The lowest BCUT2D eigenvalue weighted by Gasteiger charge is -2.44. The van der Waals surface area contributed by atoms with Crippen LogP contribution in [0.25, 0.3) is 28.1 Å². The molecular weight excluding hydrogens is 670 g/mol. The number of anilines is 1. The van der Waals surface area contributed by atoms with Crippen molar-refractivity contribution in [3.8, 4) is 5.88 Å². The van der Waals surface area contributed by atoms with Gasteiger partial charge in [0.2, 0.25) is 11.7 Å². The molecule has 7 rings (SSSR count). The van der Waals surface area contributed by atoms with Crippen LogP contribution in [0, 0.1) is 11.8 Å². The molecule has 2 aliphatic rings. The number of nitrogens with zero attached hydrogens (tertiary/aromatic N) is 9. The van der Waals surface area contributed by atoms with Gasteiger partial charge in [0.25, 0.3) is 0 Å². The number of nitrogens with two attached hydrogens (primary N) is 1. The molecule has 6 N–H and O–H groups in total. The highest BCUT2D eigenvalue weighted by atomic mass is 32.5. The first-order valence-corrected chi connectivity index (χ1v) is 18.8. The average molecular weight is 699 g/mol. The monoisotopic (exact) mass is 698 g/mol. The maximum atomic E-state index is 11.1. The summed E-state index contributed by atoms with van der Waals surface area (Å²) in [6.45, 7) is -4.04. The fourth-order valence-corrected chi connectivity index (χ4v) is 8.03. The van der Waals surface area contributed by atoms with Gasteiger partial charge in [-0.15, -0.1) is 0 Å². The Morgan fingerprint density at radius 1 is 1.11 bits per heavy atom. The predicted octanol–water partition coefficient (Wildman–Crippen LogP) is 0.797. The minimum atomic E-state index is -3.81. The molecule has 1 aliphatic heterocycles. The van der Waals surface area contributed by atoms with E-state index in [1.165, 1.54) is 12.7 Å². The molecule has 240 valence electrons. The highest BCUT2D eigenvalue weighted by Crippen LogP contribution is 2.52. The molecule has 6 heterocycles. The molecule has 1 saturated heterocycles. The average Bonchev–Trinajstić information content (AvgIpc) is 3.77. The van der Waals surface area contributed by atoms with Gasteiger partial charge >= 0.3 is 6.72 Å². The Hall–Kier alpha value is -2.74. The van der Waals surface area contributed by atoms with Crippen LogP contribution < -0.4 is 5.73 Å². The van der Waals surface area contributed by atoms with Gasteiger partial charge in [0.1, 0.15) is 24.2 Å². The Morgan fingerprint density at radius 3 is 2.71 bits per heavy atom. The number of aromatic hydroxyl groups is 1. The van der Waals surface area contributed by atoms with Gasteiger partial charge in [-0.3, -0.25) is 8.97 Å². The van der Waals surface area contributed by atoms with Crippen LogP contribution >= 0.6 is 13.9 Å². The van der Waals surface area contributed by atoms with Gasteiger partial charge in [0, 0.05) is 37.4 Å². The third-order valence-electron chi connectivity index (χ3n) is 8.22. The molecule has 5 aromatic heterocycles. The quantitative estimate of drug-likeness (QED) is 0.120. The van der Waals surface area contributed by atoms with Crippen molar-refractivity contribution in [2.45, 2.75) is 37.3 Å². The van der Waals surface area contributed by atoms with Crippen molar-refractivity contribution in [3.63, 3.8) is 0 Å². The number of hydrogen-bond donors (Lipinski definition) is 5. The van der Waals surface area contributed by atoms with Gasteiger partial charge in [-0.1, -0.05) is 0 Å². The van der Waals surface area contributed by atoms with Crippen LogP contribution in [0.1, 0.15) is 25.1 Å². The molecule has 0 radical (unpaired) electrons. The number of aromatic nitrogens is 9. The van der Waals surface area contributed by atoms with E-state index in [1.807, 2.05) is 4.57 Å². The molecule has 2 fully saturated rings. The van der Waals surface area contributed by atoms with Crippen LogP contribution in [0.2, 0.25) is 0 Å². The van der Waals surface area contributed by atoms with Crippen LogP contribution in [0.5, 0.6) is 5.88 Å². The largest absolute Gasteiger partial charge is 0.492 e. The summed E-state index contributed by atoms with van der Waals surface area (Å²) in [5, 5.41) is 20.6. The number of aliphatic hydroxyl groups is 1. The minimum Gasteiger partial charge on any atom is -0.492 e. The first-order valence-electron chi connectivity index (χ1n) is 13.7. The Kier molecular flexibility index (Phi) is 8.32. The first kappa shape index (κ1) is 30.9. The van der Waals surface area contributed by atoms with E-state index >= 15 is 0 Å². The van der Waals surface area contributed by atoms with E-state index in [4.69, 9.17) is 47.7 Å². The Bertz CT molecular complexity index is 1960. The lowest BCUT2D eigenvalue weighted by Crippen LogP contribution is -2.43. The molecule has 0 spiro atoms. The van der Waals surface area contributed by atoms with Gasteiger partial charge in [-0.25, -0.2) is 24.9 Å². The van der Waals surface area contributed by atoms with Gasteiger partial charge < -0.3 is 48.6 Å². The Morgan fingerprint density at radius 2 is 1.91 bits per heavy atom. The molecule has 1 saturated carbocycles. The van der Waals surface area contributed by atoms with Gasteiger partial charge in [0.15, 0.2) is 29.8 Å². The van der Waals surface area contributed by atoms with Crippen molar-refractivity contribution in [1.82, 2.24) is 43.4 Å². The van der Waals surface area contributed by atoms with Crippen molar-refractivity contribution in [1.29, 1.82) is 0 Å². The zero-order chi connectivity index (χ0) is 31.5. The van der Waals surface area contributed by atoms with E-state index in [2.05, 4.69) is 29.9 Å². The lowest BCUT2D eigenvalue weighted by atomic mass is 9.70. The third kappa shape index (κ3) is 5.74. The highest BCUT2D eigenvalue weighted by Gasteiger charge is 2.45. The molecule has 0 amide bonds. The molecule has 18 nitrogen and oxygen atoms in total. The van der Waals surface area contributed by atoms with Crippen LogP contribution in [0.3, 0.4) is 0 Å². The molecule has 1 aliphatic carbocycles. The van der Waals surface area contributed by atoms with E-state index in [9.17, 15) is 20.0 Å². The van der Waals surface area contributed by atoms with Crippen LogP contribution in [0.15, 0.2) is 31.4 Å². The van der Waals surface area contributed by atoms with Crippen LogP contribution in [-0.4, -0.2) is 95.5 Å². The number of nitrogen functional groups attached to an aromatic ring is 1. The van der Waals surface area contributed by atoms with Crippen molar-refractivity contribution in [3.05, 3.63) is 31.4 Å². The Balaban J connectivity index is 1.03. The van der Waals surface area contributed by atoms with E-state index < -0.39 is 32.3 Å². The standard InChI is InChI=1S/C23H28N10O8P2S2/c24-19-17-20(27-8-26-19)33(10-28-17)16-4-14(15(40-16)7-38-42(36)44)41-43(37,45)39-6-11-3-13(12(11)5-34)32-9-29-18-21(35)30-23-25-1-2-31(23)22(18)32/h1-2,8-16,34,42H,3-7H2,(H,36,44)(H,37,45)(H2,24,26,27)(H,25,30,35)/t11-,12-,13-,14+,15-,16-,43?/m1/s1. The zero-order valence-electron chi connectivity index (χ0n) is 23.2. The summed E-state index contributed by atoms with van der Waals surface area (Å²) in [6.07, 6.45) is 6.36. The Labute approximate surface area is 264 Å². The maximum absolute atomic E-state index is 11.1. The molecule has 0 bridgehead atoms. The molecule has 0 aromatic carbocycles. The number of fused-ring (bicyclic) bond motifs is 4. The molecular formula is C23H28N10O8P2S2.